The number of carbonyl (C=O) groups excluding carboxylic acids is 2. The van der Waals surface area contributed by atoms with Gasteiger partial charge in [0.05, 0.1) is 11.6 Å². The lowest BCUT2D eigenvalue weighted by Gasteiger charge is -2.15. The van der Waals surface area contributed by atoms with Crippen molar-refractivity contribution in [3.63, 3.8) is 0 Å². The Balaban J connectivity index is 1.55. The topological polar surface area (TPSA) is 66.7 Å². The molecule has 0 aliphatic carbocycles. The van der Waals surface area contributed by atoms with Crippen LogP contribution in [-0.4, -0.2) is 45.7 Å². The average molecular weight is 397 g/mol. The van der Waals surface area contributed by atoms with E-state index in [2.05, 4.69) is 41.5 Å². The van der Waals surface area contributed by atoms with Crippen LogP contribution in [0.4, 0.5) is 0 Å². The molecule has 146 valence electrons. The van der Waals surface area contributed by atoms with Gasteiger partial charge in [-0.2, -0.15) is 0 Å². The fraction of sp³-hybridized carbons (Fsp3) is 0.381. The molecule has 0 radical (unpaired) electrons. The van der Waals surface area contributed by atoms with Crippen molar-refractivity contribution in [2.45, 2.75) is 26.7 Å². The van der Waals surface area contributed by atoms with Gasteiger partial charge in [-0.15, -0.1) is 11.3 Å². The van der Waals surface area contributed by atoms with Gasteiger partial charge in [-0.25, -0.2) is 4.98 Å². The number of hydrogen-bond donors (Lipinski definition) is 1. The third-order valence-corrected chi connectivity index (χ3v) is 6.12. The van der Waals surface area contributed by atoms with Crippen molar-refractivity contribution in [2.75, 3.05) is 19.6 Å². The molecule has 3 aromatic rings. The Morgan fingerprint density at radius 2 is 2.04 bits per heavy atom. The molecule has 4 rings (SSSR count). The standard InChI is InChI=1S/C21H24N4O2S/c1-3-14-5-7-15(8-6-14)17-12-25-18(13-28-21(25)23-17)20(27)24-10-9-16(11-24)19(26)22-4-2/h5-8,12-13,16H,3-4,9-11H2,1-2H3,(H,22,26). The highest BCUT2D eigenvalue weighted by atomic mass is 32.1. The second kappa shape index (κ2) is 7.75. The summed E-state index contributed by atoms with van der Waals surface area (Å²) >= 11 is 1.46. The fourth-order valence-corrected chi connectivity index (χ4v) is 4.47. The number of likely N-dealkylation sites (tertiary alicyclic amines) is 1. The van der Waals surface area contributed by atoms with E-state index >= 15 is 0 Å². The predicted molar refractivity (Wildman–Crippen MR) is 111 cm³/mol. The predicted octanol–water partition coefficient (Wildman–Crippen LogP) is 3.22. The van der Waals surface area contributed by atoms with Gasteiger partial charge in [0.2, 0.25) is 5.91 Å². The van der Waals surface area contributed by atoms with Crippen molar-refractivity contribution in [3.8, 4) is 11.3 Å². The van der Waals surface area contributed by atoms with E-state index in [1.807, 2.05) is 22.9 Å². The average Bonchev–Trinajstić information content (AvgIpc) is 3.43. The molecule has 1 atom stereocenters. The summed E-state index contributed by atoms with van der Waals surface area (Å²) in [5.41, 5.74) is 3.81. The number of rotatable bonds is 5. The summed E-state index contributed by atoms with van der Waals surface area (Å²) in [6.07, 6.45) is 3.64. The molecule has 2 amide bonds. The molecule has 28 heavy (non-hydrogen) atoms. The van der Waals surface area contributed by atoms with Gasteiger partial charge >= 0.3 is 0 Å². The number of carbonyl (C=O) groups is 2. The highest BCUT2D eigenvalue weighted by Crippen LogP contribution is 2.26. The Morgan fingerprint density at radius 1 is 1.25 bits per heavy atom. The molecule has 3 heterocycles. The van der Waals surface area contributed by atoms with Crippen molar-refractivity contribution >= 4 is 28.1 Å². The van der Waals surface area contributed by atoms with E-state index in [0.717, 1.165) is 22.6 Å². The zero-order valence-corrected chi connectivity index (χ0v) is 17.0. The summed E-state index contributed by atoms with van der Waals surface area (Å²) in [6.45, 7) is 5.74. The number of benzene rings is 1. The van der Waals surface area contributed by atoms with E-state index in [9.17, 15) is 9.59 Å². The zero-order valence-electron chi connectivity index (χ0n) is 16.1. The van der Waals surface area contributed by atoms with Crippen LogP contribution in [0.3, 0.4) is 0 Å². The van der Waals surface area contributed by atoms with E-state index in [-0.39, 0.29) is 17.7 Å². The van der Waals surface area contributed by atoms with Crippen LogP contribution in [0.5, 0.6) is 0 Å². The van der Waals surface area contributed by atoms with Crippen LogP contribution in [0, 0.1) is 5.92 Å². The molecule has 0 saturated carbocycles. The number of aryl methyl sites for hydroxylation is 1. The number of fused-ring (bicyclic) bond motifs is 1. The zero-order chi connectivity index (χ0) is 19.7. The van der Waals surface area contributed by atoms with Crippen molar-refractivity contribution < 1.29 is 9.59 Å². The van der Waals surface area contributed by atoms with Crippen molar-refractivity contribution in [3.05, 3.63) is 47.1 Å². The Hall–Kier alpha value is -2.67. The van der Waals surface area contributed by atoms with Crippen molar-refractivity contribution in [2.24, 2.45) is 5.92 Å². The highest BCUT2D eigenvalue weighted by Gasteiger charge is 2.32. The van der Waals surface area contributed by atoms with E-state index < -0.39 is 0 Å². The molecule has 2 aromatic heterocycles. The maximum absolute atomic E-state index is 13.0. The number of aromatic nitrogens is 2. The second-order valence-corrected chi connectivity index (χ2v) is 7.92. The van der Waals surface area contributed by atoms with Gasteiger partial charge in [-0.1, -0.05) is 31.2 Å². The fourth-order valence-electron chi connectivity index (χ4n) is 3.63. The lowest BCUT2D eigenvalue weighted by Crippen LogP contribution is -2.34. The first-order valence-electron chi connectivity index (χ1n) is 9.73. The van der Waals surface area contributed by atoms with Gasteiger partial charge in [-0.05, 0) is 25.3 Å². The van der Waals surface area contributed by atoms with Gasteiger partial charge in [0.25, 0.3) is 5.91 Å². The number of thiazole rings is 1. The minimum Gasteiger partial charge on any atom is -0.356 e. The smallest absolute Gasteiger partial charge is 0.271 e. The summed E-state index contributed by atoms with van der Waals surface area (Å²) < 4.78 is 1.87. The summed E-state index contributed by atoms with van der Waals surface area (Å²) in [5.74, 6) is -0.120. The summed E-state index contributed by atoms with van der Waals surface area (Å²) in [4.78, 5) is 32.3. The van der Waals surface area contributed by atoms with E-state index in [0.29, 0.717) is 31.7 Å². The summed E-state index contributed by atoms with van der Waals surface area (Å²) in [6, 6.07) is 8.37. The van der Waals surface area contributed by atoms with Crippen LogP contribution in [0.1, 0.15) is 36.3 Å². The molecule has 1 N–H and O–H groups in total. The molecule has 1 aliphatic rings. The number of nitrogens with one attached hydrogen (secondary N) is 1. The number of hydrogen-bond acceptors (Lipinski definition) is 4. The quantitative estimate of drug-likeness (QED) is 0.720. The molecule has 0 bridgehead atoms. The molecule has 1 fully saturated rings. The van der Waals surface area contributed by atoms with Crippen LogP contribution in [0.15, 0.2) is 35.8 Å². The second-order valence-electron chi connectivity index (χ2n) is 7.08. The first kappa shape index (κ1) is 18.7. The summed E-state index contributed by atoms with van der Waals surface area (Å²) in [5, 5.41) is 4.71. The van der Waals surface area contributed by atoms with Gasteiger partial charge < -0.3 is 10.2 Å². The molecular formula is C21H24N4O2S. The van der Waals surface area contributed by atoms with Gasteiger partial charge in [-0.3, -0.25) is 14.0 Å². The molecular weight excluding hydrogens is 372 g/mol. The van der Waals surface area contributed by atoms with Gasteiger partial charge in [0.1, 0.15) is 5.69 Å². The van der Waals surface area contributed by atoms with Crippen LogP contribution in [0.25, 0.3) is 16.2 Å². The Bertz CT molecular complexity index is 1010. The molecule has 6 nitrogen and oxygen atoms in total. The largest absolute Gasteiger partial charge is 0.356 e. The Kier molecular flexibility index (Phi) is 5.17. The minimum atomic E-state index is -0.117. The Labute approximate surface area is 168 Å². The number of imidazole rings is 1. The maximum atomic E-state index is 13.0. The summed E-state index contributed by atoms with van der Waals surface area (Å²) in [7, 11) is 0. The third kappa shape index (κ3) is 3.42. The first-order chi connectivity index (χ1) is 13.6. The van der Waals surface area contributed by atoms with Crippen LogP contribution < -0.4 is 5.32 Å². The monoisotopic (exact) mass is 396 g/mol. The first-order valence-corrected chi connectivity index (χ1v) is 10.6. The lowest BCUT2D eigenvalue weighted by molar-refractivity contribution is -0.124. The molecule has 1 saturated heterocycles. The SMILES string of the molecule is CCNC(=O)C1CCN(C(=O)c2csc3nc(-c4ccc(CC)cc4)cn23)C1. The molecule has 7 heteroatoms. The van der Waals surface area contributed by atoms with Crippen LogP contribution in [-0.2, 0) is 11.2 Å². The van der Waals surface area contributed by atoms with E-state index in [4.69, 9.17) is 0 Å². The molecule has 0 spiro atoms. The molecule has 1 aliphatic heterocycles. The van der Waals surface area contributed by atoms with E-state index in [1.54, 1.807) is 4.90 Å². The van der Waals surface area contributed by atoms with Crippen LogP contribution >= 0.6 is 11.3 Å². The molecule has 1 unspecified atom stereocenters. The third-order valence-electron chi connectivity index (χ3n) is 5.28. The normalized spacial score (nSPS) is 16.6. The number of nitrogens with zero attached hydrogens (tertiary/aromatic N) is 3. The number of amides is 2. The van der Waals surface area contributed by atoms with Crippen molar-refractivity contribution in [1.82, 2.24) is 19.6 Å². The maximum Gasteiger partial charge on any atom is 0.271 e. The molecule has 1 aromatic carbocycles. The van der Waals surface area contributed by atoms with Gasteiger partial charge in [0.15, 0.2) is 4.96 Å². The van der Waals surface area contributed by atoms with E-state index in [1.165, 1.54) is 16.9 Å². The van der Waals surface area contributed by atoms with Crippen molar-refractivity contribution in [1.29, 1.82) is 0 Å². The lowest BCUT2D eigenvalue weighted by atomic mass is 10.1. The van der Waals surface area contributed by atoms with Crippen LogP contribution in [0.2, 0.25) is 0 Å². The van der Waals surface area contributed by atoms with Gasteiger partial charge in [0, 0.05) is 36.8 Å². The highest BCUT2D eigenvalue weighted by molar-refractivity contribution is 7.15. The minimum absolute atomic E-state index is 0.0358. The Morgan fingerprint density at radius 3 is 2.75 bits per heavy atom.